The van der Waals surface area contributed by atoms with Crippen LogP contribution in [0.2, 0.25) is 0 Å². The summed E-state index contributed by atoms with van der Waals surface area (Å²) >= 11 is 0. The molecule has 8 nitrogen and oxygen atoms in total. The van der Waals surface area contributed by atoms with Gasteiger partial charge in [0.1, 0.15) is 23.6 Å². The molecule has 0 N–H and O–H groups in total. The number of nitrogens with zero attached hydrogens (tertiary/aromatic N) is 6. The van der Waals surface area contributed by atoms with Gasteiger partial charge in [-0.25, -0.2) is 8.78 Å². The third-order valence-electron chi connectivity index (χ3n) is 10.6. The Morgan fingerprint density at radius 1 is 1.07 bits per heavy atom. The second-order valence-corrected chi connectivity index (χ2v) is 12.8. The van der Waals surface area contributed by atoms with Crippen molar-refractivity contribution in [2.24, 2.45) is 0 Å². The number of hydrogen-bond donors (Lipinski definition) is 0. The van der Waals surface area contributed by atoms with E-state index in [1.54, 1.807) is 11.1 Å². The Hall–Kier alpha value is -3.66. The number of aryl methyl sites for hydroxylation is 1. The maximum Gasteiger partial charge on any atom is 0.319 e. The minimum Gasteiger partial charge on any atom is -0.461 e. The van der Waals surface area contributed by atoms with Crippen LogP contribution in [0.3, 0.4) is 0 Å². The second kappa shape index (κ2) is 10.2. The molecule has 6 heterocycles. The Kier molecular flexibility index (Phi) is 6.40. The lowest BCUT2D eigenvalue weighted by Gasteiger charge is -2.47. The summed E-state index contributed by atoms with van der Waals surface area (Å²) in [7, 11) is 0. The fourth-order valence-electron chi connectivity index (χ4n) is 8.43. The predicted molar refractivity (Wildman–Crippen MR) is 159 cm³/mol. The molecule has 0 bridgehead atoms. The number of ether oxygens (including phenoxy) is 1. The Labute approximate surface area is 249 Å². The summed E-state index contributed by atoms with van der Waals surface area (Å²) < 4.78 is 36.7. The summed E-state index contributed by atoms with van der Waals surface area (Å²) in [5.41, 5.74) is 3.74. The average molecular weight is 587 g/mol. The van der Waals surface area contributed by atoms with Gasteiger partial charge in [0.25, 0.3) is 5.91 Å². The van der Waals surface area contributed by atoms with Crippen molar-refractivity contribution in [3.63, 3.8) is 0 Å². The quantitative estimate of drug-likeness (QED) is 0.377. The smallest absolute Gasteiger partial charge is 0.319 e. The van der Waals surface area contributed by atoms with E-state index in [2.05, 4.69) is 32.4 Å². The van der Waals surface area contributed by atoms with Crippen LogP contribution >= 0.6 is 0 Å². The molecule has 0 saturated carbocycles. The number of carbonyl (C=O) groups excluding carboxylic acids is 1. The first-order valence-electron chi connectivity index (χ1n) is 15.7. The summed E-state index contributed by atoms with van der Waals surface area (Å²) in [5.74, 6) is -1.53. The van der Waals surface area contributed by atoms with E-state index in [0.29, 0.717) is 43.0 Å². The SMILES string of the molecule is C=C(F)C(=O)N1CCC2[C@H]1CN2c1nc(OCC23CCCN2CCC3)nc2c(F)c(-c3cccc4c3CCCC4)ncc12. The third kappa shape index (κ3) is 4.24. The lowest BCUT2D eigenvalue weighted by atomic mass is 9.87. The van der Waals surface area contributed by atoms with Crippen molar-refractivity contribution in [2.45, 2.75) is 75.4 Å². The molecule has 224 valence electrons. The minimum atomic E-state index is -0.948. The van der Waals surface area contributed by atoms with Crippen LogP contribution in [0.1, 0.15) is 56.1 Å². The van der Waals surface area contributed by atoms with Crippen molar-refractivity contribution in [3.8, 4) is 17.3 Å². The van der Waals surface area contributed by atoms with Gasteiger partial charge in [-0.3, -0.25) is 14.7 Å². The maximum atomic E-state index is 16.6. The van der Waals surface area contributed by atoms with Gasteiger partial charge in [-0.15, -0.1) is 0 Å². The number of halogens is 2. The molecule has 2 atom stereocenters. The van der Waals surface area contributed by atoms with E-state index in [-0.39, 0.29) is 29.1 Å². The van der Waals surface area contributed by atoms with Gasteiger partial charge in [-0.05, 0) is 82.0 Å². The van der Waals surface area contributed by atoms with Crippen LogP contribution in [0.15, 0.2) is 36.8 Å². The Morgan fingerprint density at radius 2 is 1.88 bits per heavy atom. The monoisotopic (exact) mass is 586 g/mol. The van der Waals surface area contributed by atoms with E-state index in [4.69, 9.17) is 9.72 Å². The lowest BCUT2D eigenvalue weighted by molar-refractivity contribution is -0.130. The number of anilines is 1. The molecule has 10 heteroatoms. The van der Waals surface area contributed by atoms with Gasteiger partial charge in [0.15, 0.2) is 11.6 Å². The number of rotatable bonds is 6. The first kappa shape index (κ1) is 26.9. The number of likely N-dealkylation sites (tertiary alicyclic amines) is 1. The molecule has 2 aromatic heterocycles. The van der Waals surface area contributed by atoms with Gasteiger partial charge in [-0.2, -0.15) is 9.97 Å². The van der Waals surface area contributed by atoms with Crippen molar-refractivity contribution >= 4 is 22.6 Å². The number of aromatic nitrogens is 3. The molecule has 1 amide bonds. The molecule has 0 radical (unpaired) electrons. The van der Waals surface area contributed by atoms with Crippen LogP contribution in [0.5, 0.6) is 6.01 Å². The molecule has 4 saturated heterocycles. The van der Waals surface area contributed by atoms with Crippen LogP contribution in [0.25, 0.3) is 22.2 Å². The lowest BCUT2D eigenvalue weighted by Crippen LogP contribution is -2.63. The van der Waals surface area contributed by atoms with Crippen molar-refractivity contribution in [2.75, 3.05) is 37.7 Å². The Balaban J connectivity index is 1.19. The van der Waals surface area contributed by atoms with E-state index in [1.165, 1.54) is 11.1 Å². The molecule has 5 aliphatic rings. The van der Waals surface area contributed by atoms with Crippen LogP contribution in [0.4, 0.5) is 14.6 Å². The van der Waals surface area contributed by atoms with E-state index < -0.39 is 17.6 Å². The van der Waals surface area contributed by atoms with E-state index >= 15 is 4.39 Å². The number of amides is 1. The summed E-state index contributed by atoms with van der Waals surface area (Å²) in [5, 5.41) is 0.512. The number of carbonyl (C=O) groups is 1. The zero-order chi connectivity index (χ0) is 29.3. The highest BCUT2D eigenvalue weighted by molar-refractivity contribution is 5.94. The van der Waals surface area contributed by atoms with E-state index in [9.17, 15) is 9.18 Å². The maximum absolute atomic E-state index is 16.6. The summed E-state index contributed by atoms with van der Waals surface area (Å²) in [4.78, 5) is 32.7. The van der Waals surface area contributed by atoms with E-state index in [0.717, 1.165) is 70.0 Å². The average Bonchev–Trinajstić information content (AvgIpc) is 3.68. The first-order chi connectivity index (χ1) is 20.9. The van der Waals surface area contributed by atoms with Crippen molar-refractivity contribution in [1.82, 2.24) is 24.8 Å². The largest absolute Gasteiger partial charge is 0.461 e. The molecule has 1 unspecified atom stereocenters. The van der Waals surface area contributed by atoms with Gasteiger partial charge >= 0.3 is 6.01 Å². The summed E-state index contributed by atoms with van der Waals surface area (Å²) in [6, 6.07) is 6.03. The molecule has 1 aromatic carbocycles. The van der Waals surface area contributed by atoms with Crippen molar-refractivity contribution in [3.05, 3.63) is 53.7 Å². The normalized spacial score (nSPS) is 24.0. The zero-order valence-corrected chi connectivity index (χ0v) is 24.3. The molecule has 0 spiro atoms. The molecule has 4 aliphatic heterocycles. The number of fused-ring (bicyclic) bond motifs is 4. The Morgan fingerprint density at radius 3 is 2.70 bits per heavy atom. The van der Waals surface area contributed by atoms with Crippen LogP contribution < -0.4 is 9.64 Å². The molecule has 3 aromatic rings. The highest BCUT2D eigenvalue weighted by Gasteiger charge is 2.50. The van der Waals surface area contributed by atoms with Gasteiger partial charge < -0.3 is 14.5 Å². The number of pyridine rings is 1. The van der Waals surface area contributed by atoms with Crippen LogP contribution in [-0.4, -0.2) is 81.1 Å². The molecular weight excluding hydrogens is 550 g/mol. The molecule has 4 fully saturated rings. The topological polar surface area (TPSA) is 74.7 Å². The molecule has 1 aliphatic carbocycles. The third-order valence-corrected chi connectivity index (χ3v) is 10.6. The summed E-state index contributed by atoms with van der Waals surface area (Å²) in [6.07, 6.45) is 10.9. The van der Waals surface area contributed by atoms with Gasteiger partial charge in [0.2, 0.25) is 0 Å². The van der Waals surface area contributed by atoms with Gasteiger partial charge in [0, 0.05) is 24.8 Å². The van der Waals surface area contributed by atoms with Crippen LogP contribution in [-0.2, 0) is 17.6 Å². The number of benzene rings is 1. The molecular formula is C33H36F2N6O2. The Bertz CT molecular complexity index is 1640. The highest BCUT2D eigenvalue weighted by atomic mass is 19.1. The van der Waals surface area contributed by atoms with Gasteiger partial charge in [0.05, 0.1) is 23.0 Å². The zero-order valence-electron chi connectivity index (χ0n) is 24.3. The highest BCUT2D eigenvalue weighted by Crippen LogP contribution is 2.43. The predicted octanol–water partition coefficient (Wildman–Crippen LogP) is 4.99. The number of hydrogen-bond acceptors (Lipinski definition) is 7. The second-order valence-electron chi connectivity index (χ2n) is 12.8. The van der Waals surface area contributed by atoms with Crippen LogP contribution in [0, 0.1) is 5.82 Å². The van der Waals surface area contributed by atoms with Gasteiger partial charge in [-0.1, -0.05) is 24.8 Å². The molecule has 43 heavy (non-hydrogen) atoms. The summed E-state index contributed by atoms with van der Waals surface area (Å²) in [6.45, 7) is 6.72. The standard InChI is InChI=1S/C33H36F2N6O2/c1-20(34)31(42)40-16-11-25-26(40)18-41(25)30-24-17-36-28(23-10-4-8-21-7-2-3-9-22(21)23)27(35)29(24)37-32(38-30)43-19-33-12-5-14-39(33)15-6-13-33/h4,8,10,17,25-26H,1-3,5-7,9,11-16,18-19H2/t25?,26-/m1/s1. The van der Waals surface area contributed by atoms with Crippen molar-refractivity contribution in [1.29, 1.82) is 0 Å². The minimum absolute atomic E-state index is 0.00748. The fourth-order valence-corrected chi connectivity index (χ4v) is 8.43. The molecule has 8 rings (SSSR count). The van der Waals surface area contributed by atoms with Crippen molar-refractivity contribution < 1.29 is 18.3 Å². The first-order valence-corrected chi connectivity index (χ1v) is 15.7. The fraction of sp³-hybridized carbons (Fsp3) is 0.515. The van der Waals surface area contributed by atoms with E-state index in [1.807, 2.05) is 12.1 Å².